The molecule has 4 heteroatoms. The second-order valence-electron chi connectivity index (χ2n) is 6.24. The SMILES string of the molecule is Cc1c2c(c(CO)c3ccc4ccc(F)cc4c13)[C@H](O)[C@@H](O)C=C2. The van der Waals surface area contributed by atoms with Gasteiger partial charge in [-0.25, -0.2) is 4.39 Å². The number of benzene rings is 3. The number of fused-ring (bicyclic) bond motifs is 4. The average molecular weight is 324 g/mol. The van der Waals surface area contributed by atoms with E-state index < -0.39 is 12.2 Å². The van der Waals surface area contributed by atoms with Gasteiger partial charge in [0.1, 0.15) is 18.0 Å². The molecule has 0 saturated heterocycles. The molecule has 0 bridgehead atoms. The van der Waals surface area contributed by atoms with Crippen LogP contribution in [0.25, 0.3) is 27.6 Å². The molecule has 0 heterocycles. The quantitative estimate of drug-likeness (QED) is 0.602. The molecule has 4 rings (SSSR count). The molecule has 1 aliphatic rings. The van der Waals surface area contributed by atoms with Crippen LogP contribution in [0.5, 0.6) is 0 Å². The Morgan fingerprint density at radius 1 is 1.08 bits per heavy atom. The van der Waals surface area contributed by atoms with Crippen LogP contribution >= 0.6 is 0 Å². The minimum atomic E-state index is -1.08. The first-order valence-corrected chi connectivity index (χ1v) is 7.85. The third-order valence-corrected chi connectivity index (χ3v) is 4.94. The zero-order valence-electron chi connectivity index (χ0n) is 13.1. The van der Waals surface area contributed by atoms with E-state index in [1.54, 1.807) is 18.2 Å². The lowest BCUT2D eigenvalue weighted by Gasteiger charge is -2.27. The second kappa shape index (κ2) is 5.38. The average Bonchev–Trinajstić information content (AvgIpc) is 2.58. The third kappa shape index (κ3) is 2.01. The van der Waals surface area contributed by atoms with Crippen molar-refractivity contribution >= 4 is 27.6 Å². The van der Waals surface area contributed by atoms with Crippen molar-refractivity contribution in [3.8, 4) is 0 Å². The molecule has 0 aromatic heterocycles. The third-order valence-electron chi connectivity index (χ3n) is 4.94. The number of aliphatic hydroxyl groups is 3. The van der Waals surface area contributed by atoms with Crippen LogP contribution < -0.4 is 0 Å². The van der Waals surface area contributed by atoms with Crippen LogP contribution in [-0.4, -0.2) is 21.4 Å². The normalized spacial score (nSPS) is 19.9. The monoisotopic (exact) mass is 324 g/mol. The molecule has 2 atom stereocenters. The number of rotatable bonds is 1. The van der Waals surface area contributed by atoms with Gasteiger partial charge in [-0.3, -0.25) is 0 Å². The summed E-state index contributed by atoms with van der Waals surface area (Å²) < 4.78 is 13.8. The van der Waals surface area contributed by atoms with E-state index in [0.717, 1.165) is 32.7 Å². The molecule has 3 nitrogen and oxygen atoms in total. The molecular formula is C20H17FO3. The summed E-state index contributed by atoms with van der Waals surface area (Å²) in [5, 5.41) is 33.6. The zero-order chi connectivity index (χ0) is 17.0. The molecular weight excluding hydrogens is 307 g/mol. The molecule has 122 valence electrons. The fourth-order valence-corrected chi connectivity index (χ4v) is 3.79. The van der Waals surface area contributed by atoms with E-state index in [-0.39, 0.29) is 12.4 Å². The van der Waals surface area contributed by atoms with Crippen molar-refractivity contribution in [3.05, 3.63) is 64.5 Å². The van der Waals surface area contributed by atoms with Gasteiger partial charge < -0.3 is 15.3 Å². The highest BCUT2D eigenvalue weighted by molar-refractivity contribution is 6.11. The number of aliphatic hydroxyl groups excluding tert-OH is 3. The fourth-order valence-electron chi connectivity index (χ4n) is 3.79. The van der Waals surface area contributed by atoms with Gasteiger partial charge in [-0.2, -0.15) is 0 Å². The summed E-state index contributed by atoms with van der Waals surface area (Å²) in [7, 11) is 0. The molecule has 0 aliphatic heterocycles. The van der Waals surface area contributed by atoms with Crippen molar-refractivity contribution in [1.29, 1.82) is 0 Å². The predicted molar refractivity (Wildman–Crippen MR) is 92.1 cm³/mol. The Morgan fingerprint density at radius 3 is 2.58 bits per heavy atom. The van der Waals surface area contributed by atoms with Crippen molar-refractivity contribution in [2.75, 3.05) is 0 Å². The summed E-state index contributed by atoms with van der Waals surface area (Å²) in [6, 6.07) is 8.41. The van der Waals surface area contributed by atoms with E-state index in [1.165, 1.54) is 12.1 Å². The summed E-state index contributed by atoms with van der Waals surface area (Å²) in [4.78, 5) is 0. The van der Waals surface area contributed by atoms with Gasteiger partial charge in [-0.15, -0.1) is 0 Å². The molecule has 0 fully saturated rings. The summed E-state index contributed by atoms with van der Waals surface area (Å²) in [5.41, 5.74) is 2.80. The maximum atomic E-state index is 13.8. The van der Waals surface area contributed by atoms with Crippen molar-refractivity contribution in [2.24, 2.45) is 0 Å². The van der Waals surface area contributed by atoms with Gasteiger partial charge in [0, 0.05) is 0 Å². The van der Waals surface area contributed by atoms with Gasteiger partial charge in [0.15, 0.2) is 0 Å². The molecule has 3 aromatic carbocycles. The summed E-state index contributed by atoms with van der Waals surface area (Å²) in [5.74, 6) is -0.316. The summed E-state index contributed by atoms with van der Waals surface area (Å²) >= 11 is 0. The topological polar surface area (TPSA) is 60.7 Å². The van der Waals surface area contributed by atoms with Crippen LogP contribution in [-0.2, 0) is 6.61 Å². The Bertz CT molecular complexity index is 1010. The molecule has 0 amide bonds. The highest BCUT2D eigenvalue weighted by Gasteiger charge is 2.28. The molecule has 0 saturated carbocycles. The number of hydrogen-bond donors (Lipinski definition) is 3. The molecule has 0 unspecified atom stereocenters. The molecule has 3 N–H and O–H groups in total. The van der Waals surface area contributed by atoms with Gasteiger partial charge in [-0.1, -0.05) is 30.4 Å². The van der Waals surface area contributed by atoms with Gasteiger partial charge in [0.2, 0.25) is 0 Å². The Morgan fingerprint density at radius 2 is 1.83 bits per heavy atom. The Kier molecular flexibility index (Phi) is 3.42. The number of hydrogen-bond acceptors (Lipinski definition) is 3. The summed E-state index contributed by atoms with van der Waals surface area (Å²) in [6.45, 7) is 1.65. The minimum Gasteiger partial charge on any atom is -0.392 e. The lowest BCUT2D eigenvalue weighted by Crippen LogP contribution is -2.22. The second-order valence-corrected chi connectivity index (χ2v) is 6.24. The Hall–Kier alpha value is -2.27. The van der Waals surface area contributed by atoms with E-state index >= 15 is 0 Å². The highest BCUT2D eigenvalue weighted by Crippen LogP contribution is 2.41. The van der Waals surface area contributed by atoms with Crippen LogP contribution in [0, 0.1) is 12.7 Å². The largest absolute Gasteiger partial charge is 0.392 e. The molecule has 0 radical (unpaired) electrons. The van der Waals surface area contributed by atoms with Crippen LogP contribution in [0.3, 0.4) is 0 Å². The zero-order valence-corrected chi connectivity index (χ0v) is 13.1. The van der Waals surface area contributed by atoms with Crippen molar-refractivity contribution < 1.29 is 19.7 Å². The Balaban J connectivity index is 2.24. The first-order chi connectivity index (χ1) is 11.5. The molecule has 0 spiro atoms. The maximum absolute atomic E-state index is 13.8. The molecule has 3 aromatic rings. The summed E-state index contributed by atoms with van der Waals surface area (Å²) in [6.07, 6.45) is 1.22. The van der Waals surface area contributed by atoms with E-state index in [9.17, 15) is 19.7 Å². The smallest absolute Gasteiger partial charge is 0.123 e. The van der Waals surface area contributed by atoms with Crippen molar-refractivity contribution in [3.63, 3.8) is 0 Å². The fraction of sp³-hybridized carbons (Fsp3) is 0.200. The van der Waals surface area contributed by atoms with Crippen LogP contribution in [0.15, 0.2) is 36.4 Å². The maximum Gasteiger partial charge on any atom is 0.123 e. The molecule has 24 heavy (non-hydrogen) atoms. The van der Waals surface area contributed by atoms with Gasteiger partial charge >= 0.3 is 0 Å². The predicted octanol–water partition coefficient (Wildman–Crippen LogP) is 3.35. The highest BCUT2D eigenvalue weighted by atomic mass is 19.1. The Labute approximate surface area is 138 Å². The standard InChI is InChI=1S/C20H17FO3/c1-10-13-6-7-17(23)20(24)19(13)16(9-22)14-5-3-11-2-4-12(21)8-15(11)18(10)14/h2-8,17,20,22-24H,9H2,1H3/t17-,20+/m0/s1. The number of halogens is 1. The van der Waals surface area contributed by atoms with Crippen LogP contribution in [0.1, 0.15) is 28.4 Å². The van der Waals surface area contributed by atoms with E-state index in [2.05, 4.69) is 0 Å². The van der Waals surface area contributed by atoms with E-state index in [0.29, 0.717) is 11.1 Å². The van der Waals surface area contributed by atoms with E-state index in [4.69, 9.17) is 0 Å². The van der Waals surface area contributed by atoms with Crippen molar-refractivity contribution in [2.45, 2.75) is 25.7 Å². The lowest BCUT2D eigenvalue weighted by atomic mass is 9.81. The van der Waals surface area contributed by atoms with Gasteiger partial charge in [0.05, 0.1) is 6.61 Å². The van der Waals surface area contributed by atoms with Crippen LogP contribution in [0.4, 0.5) is 4.39 Å². The molecule has 1 aliphatic carbocycles. The number of aryl methyl sites for hydroxylation is 1. The lowest BCUT2D eigenvalue weighted by molar-refractivity contribution is 0.0457. The first kappa shape index (κ1) is 15.3. The van der Waals surface area contributed by atoms with E-state index in [1.807, 2.05) is 19.1 Å². The first-order valence-electron chi connectivity index (χ1n) is 7.85. The van der Waals surface area contributed by atoms with Gasteiger partial charge in [0.25, 0.3) is 0 Å². The minimum absolute atomic E-state index is 0.266. The van der Waals surface area contributed by atoms with Crippen molar-refractivity contribution in [1.82, 2.24) is 0 Å². The van der Waals surface area contributed by atoms with Crippen LogP contribution in [0.2, 0.25) is 0 Å². The van der Waals surface area contributed by atoms with Gasteiger partial charge in [-0.05, 0) is 62.9 Å².